The fourth-order valence-electron chi connectivity index (χ4n) is 6.62. The Morgan fingerprint density at radius 3 is 0.896 bits per heavy atom. The maximum Gasteiger partial charge on any atom is 0.0715 e. The van der Waals surface area contributed by atoms with Crippen LogP contribution in [0.15, 0.2) is 140 Å². The van der Waals surface area contributed by atoms with E-state index >= 15 is 0 Å². The number of aryl methyl sites for hydroxylation is 6. The third-order valence-electron chi connectivity index (χ3n) is 9.52. The van der Waals surface area contributed by atoms with Gasteiger partial charge in [-0.25, -0.2) is 4.98 Å². The first kappa shape index (κ1) is 31.1. The number of pyridine rings is 1. The molecule has 0 amide bonds. The molecule has 0 radical (unpaired) electrons. The average molecular weight is 620 g/mol. The molecule has 1 nitrogen and oxygen atoms in total. The molecule has 1 aromatic heterocycles. The van der Waals surface area contributed by atoms with Crippen molar-refractivity contribution in [3.05, 3.63) is 173 Å². The van der Waals surface area contributed by atoms with Crippen molar-refractivity contribution in [1.82, 2.24) is 4.98 Å². The lowest BCUT2D eigenvalue weighted by atomic mass is 9.94. The predicted molar refractivity (Wildman–Crippen MR) is 205 cm³/mol. The van der Waals surface area contributed by atoms with E-state index in [-0.39, 0.29) is 0 Å². The van der Waals surface area contributed by atoms with Gasteiger partial charge in [-0.2, -0.15) is 0 Å². The first-order valence-corrected chi connectivity index (χ1v) is 16.8. The Hall–Kier alpha value is -5.53. The summed E-state index contributed by atoms with van der Waals surface area (Å²) in [6.45, 7) is 13.0. The Balaban J connectivity index is 1.30. The molecule has 0 bridgehead atoms. The van der Waals surface area contributed by atoms with Gasteiger partial charge < -0.3 is 0 Å². The largest absolute Gasteiger partial charge is 0.248 e. The quantitative estimate of drug-likeness (QED) is 0.180. The molecular weight excluding hydrogens is 579 g/mol. The van der Waals surface area contributed by atoms with Gasteiger partial charge in [-0.15, -0.1) is 0 Å². The SMILES string of the molecule is Cc1ccc(C)c(-c2ccc(-c3cc(-c4ccc(-c5cc(C)ccc5C)cc4)nc(-c4ccc(-c5cc(C)ccc5C)cc4)c3)cc2)c1. The Bertz CT molecular complexity index is 1980. The monoisotopic (exact) mass is 619 g/mol. The van der Waals surface area contributed by atoms with Crippen molar-refractivity contribution in [2.24, 2.45) is 0 Å². The Kier molecular flexibility index (Phi) is 8.38. The van der Waals surface area contributed by atoms with E-state index in [1.807, 2.05) is 0 Å². The highest BCUT2D eigenvalue weighted by atomic mass is 14.7. The van der Waals surface area contributed by atoms with Crippen LogP contribution < -0.4 is 0 Å². The van der Waals surface area contributed by atoms with Gasteiger partial charge in [-0.3, -0.25) is 0 Å². The highest BCUT2D eigenvalue weighted by Gasteiger charge is 2.12. The topological polar surface area (TPSA) is 12.9 Å². The molecule has 7 aromatic rings. The van der Waals surface area contributed by atoms with Crippen LogP contribution in [0, 0.1) is 41.5 Å². The minimum absolute atomic E-state index is 0.965. The summed E-state index contributed by atoms with van der Waals surface area (Å²) in [5.41, 5.74) is 21.6. The summed E-state index contributed by atoms with van der Waals surface area (Å²) in [4.78, 5) is 5.25. The highest BCUT2D eigenvalue weighted by molar-refractivity contribution is 5.80. The number of rotatable bonds is 6. The number of hydrogen-bond acceptors (Lipinski definition) is 1. The van der Waals surface area contributed by atoms with E-state index in [2.05, 4.69) is 181 Å². The van der Waals surface area contributed by atoms with Crippen molar-refractivity contribution < 1.29 is 0 Å². The van der Waals surface area contributed by atoms with Crippen LogP contribution in [0.25, 0.3) is 67.0 Å². The molecule has 0 fully saturated rings. The minimum atomic E-state index is 0.965. The van der Waals surface area contributed by atoms with E-state index in [0.717, 1.165) is 28.1 Å². The van der Waals surface area contributed by atoms with Crippen molar-refractivity contribution in [1.29, 1.82) is 0 Å². The first-order valence-electron chi connectivity index (χ1n) is 16.8. The Morgan fingerprint density at radius 2 is 0.562 bits per heavy atom. The maximum atomic E-state index is 5.25. The summed E-state index contributed by atoms with van der Waals surface area (Å²) < 4.78 is 0. The third kappa shape index (κ3) is 6.37. The van der Waals surface area contributed by atoms with Gasteiger partial charge in [-0.05, 0) is 115 Å². The van der Waals surface area contributed by atoms with E-state index < -0.39 is 0 Å². The molecule has 48 heavy (non-hydrogen) atoms. The first-order chi connectivity index (χ1) is 23.2. The fraction of sp³-hybridized carbons (Fsp3) is 0.128. The van der Waals surface area contributed by atoms with E-state index in [4.69, 9.17) is 4.98 Å². The molecule has 0 atom stereocenters. The molecule has 1 heterocycles. The summed E-state index contributed by atoms with van der Waals surface area (Å²) in [7, 11) is 0. The number of nitrogens with zero attached hydrogens (tertiary/aromatic N) is 1. The standard InChI is InChI=1S/C47H41N/c1-30-7-10-33(4)43(25-30)37-15-13-36(14-16-37)42-28-46(40-21-17-38(18-22-40)44-26-31(2)8-11-34(44)5)48-47(29-42)41-23-19-39(20-24-41)45-27-32(3)9-12-35(45)6/h7-29H,1-6H3. The molecule has 0 saturated heterocycles. The van der Waals surface area contributed by atoms with Crippen molar-refractivity contribution in [3.63, 3.8) is 0 Å². The molecule has 0 N–H and O–H groups in total. The lowest BCUT2D eigenvalue weighted by molar-refractivity contribution is 1.32. The summed E-state index contributed by atoms with van der Waals surface area (Å²) >= 11 is 0. The maximum absolute atomic E-state index is 5.25. The van der Waals surface area contributed by atoms with Crippen LogP contribution in [0.3, 0.4) is 0 Å². The van der Waals surface area contributed by atoms with E-state index in [0.29, 0.717) is 0 Å². The smallest absolute Gasteiger partial charge is 0.0715 e. The Labute approximate surface area is 285 Å². The molecule has 0 aliphatic carbocycles. The summed E-state index contributed by atoms with van der Waals surface area (Å²) in [5.74, 6) is 0. The summed E-state index contributed by atoms with van der Waals surface area (Å²) in [6, 6.07) is 51.1. The predicted octanol–water partition coefficient (Wildman–Crippen LogP) is 12.9. The molecule has 6 aromatic carbocycles. The van der Waals surface area contributed by atoms with Crippen LogP contribution >= 0.6 is 0 Å². The second-order valence-electron chi connectivity index (χ2n) is 13.3. The zero-order valence-electron chi connectivity index (χ0n) is 28.7. The lowest BCUT2D eigenvalue weighted by Gasteiger charge is -2.13. The molecule has 7 rings (SSSR count). The van der Waals surface area contributed by atoms with Gasteiger partial charge in [0.15, 0.2) is 0 Å². The van der Waals surface area contributed by atoms with Crippen molar-refractivity contribution in [2.75, 3.05) is 0 Å². The van der Waals surface area contributed by atoms with Crippen LogP contribution in [0.2, 0.25) is 0 Å². The number of aromatic nitrogens is 1. The molecule has 0 aliphatic heterocycles. The van der Waals surface area contributed by atoms with Gasteiger partial charge in [0.2, 0.25) is 0 Å². The van der Waals surface area contributed by atoms with Crippen LogP contribution in [0.1, 0.15) is 33.4 Å². The van der Waals surface area contributed by atoms with Crippen molar-refractivity contribution >= 4 is 0 Å². The van der Waals surface area contributed by atoms with Crippen molar-refractivity contribution in [3.8, 4) is 67.0 Å². The van der Waals surface area contributed by atoms with E-state index in [1.165, 1.54) is 72.3 Å². The molecule has 0 aliphatic rings. The highest BCUT2D eigenvalue weighted by Crippen LogP contribution is 2.35. The average Bonchev–Trinajstić information content (AvgIpc) is 3.11. The van der Waals surface area contributed by atoms with Gasteiger partial charge in [0.25, 0.3) is 0 Å². The number of hydrogen-bond donors (Lipinski definition) is 0. The molecule has 234 valence electrons. The van der Waals surface area contributed by atoms with Crippen LogP contribution in [-0.4, -0.2) is 4.98 Å². The van der Waals surface area contributed by atoms with E-state index in [9.17, 15) is 0 Å². The van der Waals surface area contributed by atoms with Gasteiger partial charge in [0.05, 0.1) is 11.4 Å². The molecular formula is C47H41N. The van der Waals surface area contributed by atoms with Gasteiger partial charge >= 0.3 is 0 Å². The van der Waals surface area contributed by atoms with Gasteiger partial charge in [0, 0.05) is 11.1 Å². The normalized spacial score (nSPS) is 11.1. The minimum Gasteiger partial charge on any atom is -0.248 e. The lowest BCUT2D eigenvalue weighted by Crippen LogP contribution is -1.92. The zero-order chi connectivity index (χ0) is 33.4. The van der Waals surface area contributed by atoms with Crippen LogP contribution in [0.5, 0.6) is 0 Å². The van der Waals surface area contributed by atoms with Crippen LogP contribution in [-0.2, 0) is 0 Å². The zero-order valence-corrected chi connectivity index (χ0v) is 28.7. The summed E-state index contributed by atoms with van der Waals surface area (Å²) in [5, 5.41) is 0. The van der Waals surface area contributed by atoms with Gasteiger partial charge in [0.1, 0.15) is 0 Å². The molecule has 0 saturated carbocycles. The second kappa shape index (κ2) is 12.9. The second-order valence-corrected chi connectivity index (χ2v) is 13.3. The Morgan fingerprint density at radius 1 is 0.271 bits per heavy atom. The number of benzene rings is 6. The molecule has 0 unspecified atom stereocenters. The molecule has 1 heteroatoms. The summed E-state index contributed by atoms with van der Waals surface area (Å²) in [6.07, 6.45) is 0. The van der Waals surface area contributed by atoms with Gasteiger partial charge in [-0.1, -0.05) is 144 Å². The molecule has 0 spiro atoms. The van der Waals surface area contributed by atoms with Crippen LogP contribution in [0.4, 0.5) is 0 Å². The van der Waals surface area contributed by atoms with Crippen molar-refractivity contribution in [2.45, 2.75) is 41.5 Å². The third-order valence-corrected chi connectivity index (χ3v) is 9.52. The fourth-order valence-corrected chi connectivity index (χ4v) is 6.62. The van der Waals surface area contributed by atoms with E-state index in [1.54, 1.807) is 0 Å².